The number of alkyl halides is 3. The number of rotatable bonds is 7. The predicted octanol–water partition coefficient (Wildman–Crippen LogP) is 6.00. The van der Waals surface area contributed by atoms with E-state index in [9.17, 15) is 18.0 Å². The zero-order valence-electron chi connectivity index (χ0n) is 24.3. The second kappa shape index (κ2) is 15.0. The van der Waals surface area contributed by atoms with E-state index in [0.29, 0.717) is 12.2 Å². The largest absolute Gasteiger partial charge is 0.490 e. The van der Waals surface area contributed by atoms with Gasteiger partial charge in [-0.3, -0.25) is 4.90 Å². The molecule has 232 valence electrons. The number of nitrogens with one attached hydrogen (secondary N) is 2. The number of pyridine rings is 1. The number of fused-ring (bicyclic) bond motifs is 1. The van der Waals surface area contributed by atoms with E-state index in [1.165, 1.54) is 17.3 Å². The van der Waals surface area contributed by atoms with Gasteiger partial charge in [-0.1, -0.05) is 66.4 Å². The molecule has 1 aliphatic heterocycles. The summed E-state index contributed by atoms with van der Waals surface area (Å²) in [4.78, 5) is 37.2. The smallest absolute Gasteiger partial charge is 0.475 e. The van der Waals surface area contributed by atoms with Gasteiger partial charge in [0.25, 0.3) is 0 Å². The molecule has 0 unspecified atom stereocenters. The van der Waals surface area contributed by atoms with E-state index in [-0.39, 0.29) is 12.1 Å². The number of urea groups is 1. The molecular formula is C31H33F3N6O3S. The number of aromatic nitrogens is 3. The molecule has 2 amide bonds. The molecule has 0 radical (unpaired) electrons. The zero-order chi connectivity index (χ0) is 31.7. The molecule has 3 N–H and O–H groups in total. The first-order chi connectivity index (χ1) is 21.1. The number of likely N-dealkylation sites (tertiary alicyclic amines) is 1. The molecule has 5 rings (SSSR count). The maximum absolute atomic E-state index is 11.8. The number of carbonyl (C=O) groups excluding carboxylic acids is 1. The van der Waals surface area contributed by atoms with Crippen molar-refractivity contribution in [1.29, 1.82) is 0 Å². The van der Waals surface area contributed by atoms with E-state index in [0.717, 1.165) is 65.4 Å². The van der Waals surface area contributed by atoms with Crippen LogP contribution in [0.3, 0.4) is 0 Å². The summed E-state index contributed by atoms with van der Waals surface area (Å²) < 4.78 is 31.7. The molecule has 9 nitrogen and oxygen atoms in total. The van der Waals surface area contributed by atoms with Crippen LogP contribution in [0.2, 0.25) is 0 Å². The maximum Gasteiger partial charge on any atom is 0.490 e. The number of nitrogens with zero attached hydrogens (tertiary/aromatic N) is 4. The second-order valence-corrected chi connectivity index (χ2v) is 10.8. The number of amides is 2. The van der Waals surface area contributed by atoms with Crippen LogP contribution in [0.25, 0.3) is 33.4 Å². The quantitative estimate of drug-likeness (QED) is 0.169. The molecule has 1 fully saturated rings. The first-order valence-electron chi connectivity index (χ1n) is 14.0. The average Bonchev–Trinajstić information content (AvgIpc) is 3.02. The van der Waals surface area contributed by atoms with E-state index in [2.05, 4.69) is 80.1 Å². The van der Waals surface area contributed by atoms with Gasteiger partial charge in [-0.15, -0.1) is 0 Å². The number of carboxylic acids is 1. The van der Waals surface area contributed by atoms with Crippen LogP contribution in [0, 0.1) is 0 Å². The molecule has 0 spiro atoms. The van der Waals surface area contributed by atoms with Gasteiger partial charge in [-0.05, 0) is 43.2 Å². The first kappa shape index (κ1) is 32.7. The van der Waals surface area contributed by atoms with Crippen LogP contribution in [0.15, 0.2) is 72.0 Å². The molecule has 2 aromatic carbocycles. The average molecular weight is 627 g/mol. The lowest BCUT2D eigenvalue weighted by Gasteiger charge is -2.32. The highest BCUT2D eigenvalue weighted by atomic mass is 32.2. The summed E-state index contributed by atoms with van der Waals surface area (Å²) in [7, 11) is 0. The van der Waals surface area contributed by atoms with Gasteiger partial charge in [0.15, 0.2) is 10.8 Å². The van der Waals surface area contributed by atoms with E-state index in [4.69, 9.17) is 14.9 Å². The van der Waals surface area contributed by atoms with Crippen LogP contribution in [0.5, 0.6) is 0 Å². The van der Waals surface area contributed by atoms with Crippen LogP contribution in [-0.2, 0) is 11.3 Å². The summed E-state index contributed by atoms with van der Waals surface area (Å²) in [5.41, 5.74) is 6.17. The minimum absolute atomic E-state index is 0.0650. The number of hydrogen-bond donors (Lipinski definition) is 3. The number of thioether (sulfide) groups is 1. The summed E-state index contributed by atoms with van der Waals surface area (Å²) in [6.07, 6.45) is 0.684. The van der Waals surface area contributed by atoms with Crippen molar-refractivity contribution in [2.45, 2.75) is 43.7 Å². The highest BCUT2D eigenvalue weighted by Crippen LogP contribution is 2.33. The van der Waals surface area contributed by atoms with Crippen LogP contribution >= 0.6 is 11.8 Å². The van der Waals surface area contributed by atoms with Crippen molar-refractivity contribution in [2.75, 3.05) is 25.9 Å². The van der Waals surface area contributed by atoms with Crippen molar-refractivity contribution in [3.05, 3.63) is 72.4 Å². The molecule has 2 aromatic heterocycles. The SMILES string of the molecule is CCNC(=O)NC1CCN(Cc2ccc(-c3nc4nc(SC)ncc4cc3-c3ccccc3)cc2)CC1.O=C(O)C(F)(F)F. The number of hydrogen-bond acceptors (Lipinski definition) is 7. The fourth-order valence-electron chi connectivity index (χ4n) is 4.76. The molecule has 0 bridgehead atoms. The lowest BCUT2D eigenvalue weighted by Crippen LogP contribution is -2.47. The summed E-state index contributed by atoms with van der Waals surface area (Å²) in [6.45, 7) is 5.42. The minimum Gasteiger partial charge on any atom is -0.475 e. The van der Waals surface area contributed by atoms with Gasteiger partial charge in [-0.2, -0.15) is 13.2 Å². The molecule has 44 heavy (non-hydrogen) atoms. The van der Waals surface area contributed by atoms with Crippen molar-refractivity contribution >= 4 is 34.8 Å². The highest BCUT2D eigenvalue weighted by molar-refractivity contribution is 7.98. The molecular weight excluding hydrogens is 593 g/mol. The van der Waals surface area contributed by atoms with Crippen LogP contribution in [-0.4, -0.2) is 75.1 Å². The van der Waals surface area contributed by atoms with Crippen molar-refractivity contribution in [3.63, 3.8) is 0 Å². The molecule has 13 heteroatoms. The Bertz CT molecular complexity index is 1560. The van der Waals surface area contributed by atoms with Crippen LogP contribution in [0.4, 0.5) is 18.0 Å². The highest BCUT2D eigenvalue weighted by Gasteiger charge is 2.38. The topological polar surface area (TPSA) is 120 Å². The Kier molecular flexibility index (Phi) is 11.1. The van der Waals surface area contributed by atoms with Crippen LogP contribution < -0.4 is 10.6 Å². The Balaban J connectivity index is 0.000000566. The van der Waals surface area contributed by atoms with Crippen LogP contribution in [0.1, 0.15) is 25.3 Å². The van der Waals surface area contributed by atoms with Gasteiger partial charge in [0.05, 0.1) is 5.69 Å². The third-order valence-corrected chi connectivity index (χ3v) is 7.51. The molecule has 0 aliphatic carbocycles. The number of aliphatic carboxylic acids is 1. The Hall–Kier alpha value is -4.23. The summed E-state index contributed by atoms with van der Waals surface area (Å²) >= 11 is 1.52. The lowest BCUT2D eigenvalue weighted by molar-refractivity contribution is -0.192. The second-order valence-electron chi connectivity index (χ2n) is 10.1. The van der Waals surface area contributed by atoms with Gasteiger partial charge in [0.1, 0.15) is 0 Å². The predicted molar refractivity (Wildman–Crippen MR) is 164 cm³/mol. The van der Waals surface area contributed by atoms with Gasteiger partial charge in [-0.25, -0.2) is 24.5 Å². The van der Waals surface area contributed by atoms with Gasteiger partial charge < -0.3 is 15.7 Å². The number of piperidine rings is 1. The maximum atomic E-state index is 11.8. The molecule has 0 saturated carbocycles. The monoisotopic (exact) mass is 626 g/mol. The number of carbonyl (C=O) groups is 2. The minimum atomic E-state index is -5.08. The first-order valence-corrected chi connectivity index (χ1v) is 15.2. The van der Waals surface area contributed by atoms with Crippen molar-refractivity contribution in [1.82, 2.24) is 30.5 Å². The molecule has 1 aliphatic rings. The van der Waals surface area contributed by atoms with E-state index >= 15 is 0 Å². The van der Waals surface area contributed by atoms with E-state index in [1.54, 1.807) is 0 Å². The zero-order valence-corrected chi connectivity index (χ0v) is 25.1. The Morgan fingerprint density at radius 2 is 1.68 bits per heavy atom. The third kappa shape index (κ3) is 8.89. The molecule has 0 atom stereocenters. The standard InChI is InChI=1S/C29H32N6OS.C2HF3O2/c1-3-30-28(36)32-24-13-15-35(16-14-24)19-20-9-11-22(12-10-20)26-25(21-7-5-4-6-8-21)17-23-18-31-29(37-2)34-27(23)33-26;3-2(4,5)1(6)7/h4-12,17-18,24H,3,13-16,19H2,1-2H3,(H2,30,32,36);(H,6,7). The van der Waals surface area contributed by atoms with Crippen molar-refractivity contribution < 1.29 is 27.9 Å². The fraction of sp³-hybridized carbons (Fsp3) is 0.323. The lowest BCUT2D eigenvalue weighted by atomic mass is 9.97. The van der Waals surface area contributed by atoms with E-state index < -0.39 is 12.1 Å². The Morgan fingerprint density at radius 3 is 2.27 bits per heavy atom. The van der Waals surface area contributed by atoms with Gasteiger partial charge in [0.2, 0.25) is 0 Å². The number of carboxylic acid groups (broad SMARTS) is 1. The van der Waals surface area contributed by atoms with E-state index in [1.807, 2.05) is 25.4 Å². The fourth-order valence-corrected chi connectivity index (χ4v) is 5.10. The van der Waals surface area contributed by atoms with Gasteiger partial charge >= 0.3 is 18.2 Å². The molecule has 1 saturated heterocycles. The summed E-state index contributed by atoms with van der Waals surface area (Å²) in [5, 5.41) is 14.7. The van der Waals surface area contributed by atoms with Gasteiger partial charge in [0, 0.05) is 54.9 Å². The normalized spacial score (nSPS) is 14.0. The third-order valence-electron chi connectivity index (χ3n) is 6.95. The summed E-state index contributed by atoms with van der Waals surface area (Å²) in [6, 6.07) is 21.4. The Morgan fingerprint density at radius 1 is 1.02 bits per heavy atom. The van der Waals surface area contributed by atoms with Crippen molar-refractivity contribution in [3.8, 4) is 22.4 Å². The summed E-state index contributed by atoms with van der Waals surface area (Å²) in [5.74, 6) is -2.76. The van der Waals surface area contributed by atoms with Crippen molar-refractivity contribution in [2.24, 2.45) is 0 Å². The Labute approximate surface area is 257 Å². The molecule has 3 heterocycles. The molecule has 4 aromatic rings. The number of halogens is 3. The number of benzene rings is 2.